The van der Waals surface area contributed by atoms with E-state index in [0.29, 0.717) is 11.5 Å². The highest BCUT2D eigenvalue weighted by Gasteiger charge is 2.24. The molecule has 0 spiro atoms. The fourth-order valence-electron chi connectivity index (χ4n) is 2.14. The minimum atomic E-state index is -0.240. The Kier molecular flexibility index (Phi) is 3.31. The first-order valence-electron chi connectivity index (χ1n) is 5.53. The average molecular weight is 223 g/mol. The van der Waals surface area contributed by atoms with Crippen LogP contribution in [0.15, 0.2) is 18.2 Å². The molecule has 1 aromatic carbocycles. The number of nitrogens with two attached hydrogens (primary N) is 1. The van der Waals surface area contributed by atoms with Crippen molar-refractivity contribution in [2.45, 2.75) is 18.9 Å². The lowest BCUT2D eigenvalue weighted by molar-refractivity contribution is 0.0581. The Morgan fingerprint density at radius 3 is 2.62 bits per heavy atom. The van der Waals surface area contributed by atoms with Crippen LogP contribution in [0, 0.1) is 5.92 Å². The molecule has 88 valence electrons. The number of benzene rings is 1. The van der Waals surface area contributed by atoms with Crippen molar-refractivity contribution in [1.82, 2.24) is 0 Å². The van der Waals surface area contributed by atoms with Gasteiger partial charge in [-0.15, -0.1) is 0 Å². The monoisotopic (exact) mass is 223 g/mol. The largest absolute Gasteiger partial charge is 0.508 e. The van der Waals surface area contributed by atoms with Gasteiger partial charge in [-0.3, -0.25) is 0 Å². The molecule has 1 atom stereocenters. The van der Waals surface area contributed by atoms with Crippen LogP contribution in [-0.2, 0) is 4.74 Å². The van der Waals surface area contributed by atoms with Crippen molar-refractivity contribution < 1.29 is 14.9 Å². The zero-order valence-corrected chi connectivity index (χ0v) is 9.10. The van der Waals surface area contributed by atoms with Gasteiger partial charge in [0.15, 0.2) is 0 Å². The lowest BCUT2D eigenvalue weighted by Crippen LogP contribution is -2.27. The van der Waals surface area contributed by atoms with Gasteiger partial charge in [-0.2, -0.15) is 0 Å². The summed E-state index contributed by atoms with van der Waals surface area (Å²) >= 11 is 0. The smallest absolute Gasteiger partial charge is 0.120 e. The Labute approximate surface area is 94.7 Å². The molecule has 1 aliphatic heterocycles. The van der Waals surface area contributed by atoms with Crippen molar-refractivity contribution in [3.8, 4) is 11.5 Å². The fourth-order valence-corrected chi connectivity index (χ4v) is 2.14. The minimum Gasteiger partial charge on any atom is -0.508 e. The third kappa shape index (κ3) is 2.28. The van der Waals surface area contributed by atoms with Gasteiger partial charge in [0, 0.05) is 24.8 Å². The Hall–Kier alpha value is -1.26. The number of hydrogen-bond donors (Lipinski definition) is 3. The maximum atomic E-state index is 9.71. The lowest BCUT2D eigenvalue weighted by Gasteiger charge is -2.28. The zero-order valence-electron chi connectivity index (χ0n) is 9.10. The number of hydrogen-bond acceptors (Lipinski definition) is 4. The number of ether oxygens (including phenoxy) is 1. The molecule has 0 saturated carbocycles. The Bertz CT molecular complexity index is 361. The molecule has 0 radical (unpaired) electrons. The zero-order chi connectivity index (χ0) is 11.5. The molecule has 0 aliphatic carbocycles. The highest BCUT2D eigenvalue weighted by Crippen LogP contribution is 2.34. The van der Waals surface area contributed by atoms with Gasteiger partial charge in [-0.25, -0.2) is 0 Å². The van der Waals surface area contributed by atoms with Gasteiger partial charge in [0.25, 0.3) is 0 Å². The van der Waals surface area contributed by atoms with Gasteiger partial charge in [0.05, 0.1) is 0 Å². The molecule has 4 nitrogen and oxygen atoms in total. The van der Waals surface area contributed by atoms with Crippen molar-refractivity contribution in [2.24, 2.45) is 11.7 Å². The van der Waals surface area contributed by atoms with E-state index in [1.165, 1.54) is 18.2 Å². The quantitative estimate of drug-likeness (QED) is 0.664. The van der Waals surface area contributed by atoms with Crippen molar-refractivity contribution in [3.63, 3.8) is 0 Å². The summed E-state index contributed by atoms with van der Waals surface area (Å²) in [7, 11) is 0. The van der Waals surface area contributed by atoms with Crippen LogP contribution in [0.25, 0.3) is 0 Å². The van der Waals surface area contributed by atoms with Crippen LogP contribution in [0.5, 0.6) is 11.5 Å². The van der Waals surface area contributed by atoms with Crippen molar-refractivity contribution >= 4 is 0 Å². The van der Waals surface area contributed by atoms with Crippen LogP contribution >= 0.6 is 0 Å². The van der Waals surface area contributed by atoms with E-state index >= 15 is 0 Å². The van der Waals surface area contributed by atoms with Crippen LogP contribution in [0.3, 0.4) is 0 Å². The summed E-state index contributed by atoms with van der Waals surface area (Å²) in [6.45, 7) is 1.44. The third-order valence-electron chi connectivity index (χ3n) is 3.14. The molecule has 2 rings (SSSR count). The highest BCUT2D eigenvalue weighted by molar-refractivity contribution is 5.40. The maximum absolute atomic E-state index is 9.71. The molecule has 0 aromatic heterocycles. The minimum absolute atomic E-state index is 0.135. The summed E-state index contributed by atoms with van der Waals surface area (Å²) in [6, 6.07) is 4.23. The second kappa shape index (κ2) is 4.72. The molecule has 1 heterocycles. The van der Waals surface area contributed by atoms with Crippen LogP contribution in [0.1, 0.15) is 24.4 Å². The topological polar surface area (TPSA) is 75.7 Å². The van der Waals surface area contributed by atoms with Crippen LogP contribution in [-0.4, -0.2) is 23.4 Å². The second-order valence-electron chi connectivity index (χ2n) is 4.22. The molecule has 4 N–H and O–H groups in total. The van der Waals surface area contributed by atoms with Gasteiger partial charge >= 0.3 is 0 Å². The summed E-state index contributed by atoms with van der Waals surface area (Å²) in [5, 5.41) is 19.1. The first-order chi connectivity index (χ1) is 7.68. The molecular weight excluding hydrogens is 206 g/mol. The number of rotatable bonds is 2. The normalized spacial score (nSPS) is 19.6. The lowest BCUT2D eigenvalue weighted by atomic mass is 9.87. The van der Waals surface area contributed by atoms with Gasteiger partial charge in [0.1, 0.15) is 11.5 Å². The van der Waals surface area contributed by atoms with E-state index in [9.17, 15) is 10.2 Å². The van der Waals surface area contributed by atoms with E-state index in [1.54, 1.807) is 0 Å². The van der Waals surface area contributed by atoms with E-state index in [1.807, 2.05) is 0 Å². The summed E-state index contributed by atoms with van der Waals surface area (Å²) in [5.41, 5.74) is 6.73. The average Bonchev–Trinajstić information content (AvgIpc) is 2.32. The Morgan fingerprint density at radius 2 is 1.94 bits per heavy atom. The predicted molar refractivity (Wildman–Crippen MR) is 60.2 cm³/mol. The van der Waals surface area contributed by atoms with Gasteiger partial charge in [0.2, 0.25) is 0 Å². The maximum Gasteiger partial charge on any atom is 0.120 e. The van der Waals surface area contributed by atoms with Gasteiger partial charge < -0.3 is 20.7 Å². The molecule has 16 heavy (non-hydrogen) atoms. The first-order valence-corrected chi connectivity index (χ1v) is 5.53. The molecule has 1 saturated heterocycles. The number of phenolic OH excluding ortho intramolecular Hbond substituents is 2. The molecule has 0 unspecified atom stereocenters. The summed E-state index contributed by atoms with van der Waals surface area (Å²) in [5.74, 6) is 0.591. The van der Waals surface area contributed by atoms with Crippen molar-refractivity contribution in [1.29, 1.82) is 0 Å². The molecule has 0 bridgehead atoms. The predicted octanol–water partition coefficient (Wildman–Crippen LogP) is 1.52. The Morgan fingerprint density at radius 1 is 1.25 bits per heavy atom. The van der Waals surface area contributed by atoms with E-state index in [-0.39, 0.29) is 17.5 Å². The van der Waals surface area contributed by atoms with Crippen LogP contribution in [0.2, 0.25) is 0 Å². The van der Waals surface area contributed by atoms with Gasteiger partial charge in [-0.05, 0) is 37.0 Å². The number of aromatic hydroxyl groups is 2. The summed E-state index contributed by atoms with van der Waals surface area (Å²) in [6.07, 6.45) is 1.80. The molecule has 1 aromatic rings. The van der Waals surface area contributed by atoms with Crippen LogP contribution < -0.4 is 5.73 Å². The summed E-state index contributed by atoms with van der Waals surface area (Å²) < 4.78 is 5.27. The SMILES string of the molecule is N[C@H](c1cc(O)ccc1O)C1CCOCC1. The molecule has 1 fully saturated rings. The second-order valence-corrected chi connectivity index (χ2v) is 4.22. The first kappa shape index (κ1) is 11.2. The van der Waals surface area contributed by atoms with Crippen LogP contribution in [0.4, 0.5) is 0 Å². The van der Waals surface area contributed by atoms with Crippen molar-refractivity contribution in [3.05, 3.63) is 23.8 Å². The van der Waals surface area contributed by atoms with Crippen molar-refractivity contribution in [2.75, 3.05) is 13.2 Å². The summed E-state index contributed by atoms with van der Waals surface area (Å²) in [4.78, 5) is 0. The van der Waals surface area contributed by atoms with E-state index < -0.39 is 0 Å². The number of phenols is 2. The van der Waals surface area contributed by atoms with E-state index in [4.69, 9.17) is 10.5 Å². The Balaban J connectivity index is 2.18. The molecule has 1 aliphatic rings. The third-order valence-corrected chi connectivity index (χ3v) is 3.14. The van der Waals surface area contributed by atoms with Gasteiger partial charge in [-0.1, -0.05) is 0 Å². The highest BCUT2D eigenvalue weighted by atomic mass is 16.5. The molecule has 0 amide bonds. The van der Waals surface area contributed by atoms with E-state index in [2.05, 4.69) is 0 Å². The fraction of sp³-hybridized carbons (Fsp3) is 0.500. The van der Waals surface area contributed by atoms with E-state index in [0.717, 1.165) is 26.1 Å². The molecule has 4 heteroatoms. The standard InChI is InChI=1S/C12H17NO3/c13-12(8-3-5-16-6-4-8)10-7-9(14)1-2-11(10)15/h1-2,7-8,12,14-15H,3-6,13H2/t12-/m0/s1. The molecular formula is C12H17NO3.